The van der Waals surface area contributed by atoms with Gasteiger partial charge in [-0.25, -0.2) is 4.98 Å². The molecular weight excluding hydrogens is 387 g/mol. The molecule has 2 N–H and O–H groups in total. The predicted octanol–water partition coefficient (Wildman–Crippen LogP) is 5.07. The standard InChI is InChI=1S/C19H22Cl2N4O2/c1-3-15(26-4-2)27-16-17(20)24-19(21)25-18(16)22-10-9-12-11-23-14-8-6-5-7-13(12)14/h5-8,11,15,23H,3-4,9-10H2,1-2H3,(H,22,24,25). The van der Waals surface area contributed by atoms with E-state index in [0.717, 1.165) is 11.9 Å². The minimum Gasteiger partial charge on any atom is -0.458 e. The molecule has 0 radical (unpaired) electrons. The van der Waals surface area contributed by atoms with Crippen LogP contribution in [0.3, 0.4) is 0 Å². The van der Waals surface area contributed by atoms with Crippen LogP contribution in [-0.2, 0) is 11.2 Å². The summed E-state index contributed by atoms with van der Waals surface area (Å²) in [5, 5.41) is 4.68. The number of fused-ring (bicyclic) bond motifs is 1. The molecule has 144 valence electrons. The monoisotopic (exact) mass is 408 g/mol. The fourth-order valence-corrected chi connectivity index (χ4v) is 3.25. The van der Waals surface area contributed by atoms with Gasteiger partial charge in [-0.2, -0.15) is 4.98 Å². The van der Waals surface area contributed by atoms with Crippen molar-refractivity contribution >= 4 is 39.9 Å². The van der Waals surface area contributed by atoms with Crippen LogP contribution in [0.5, 0.6) is 5.75 Å². The van der Waals surface area contributed by atoms with Crippen molar-refractivity contribution in [2.75, 3.05) is 18.5 Å². The lowest BCUT2D eigenvalue weighted by molar-refractivity contribution is -0.0765. The Morgan fingerprint density at radius 3 is 2.78 bits per heavy atom. The average molecular weight is 409 g/mol. The molecule has 0 aliphatic carbocycles. The zero-order valence-electron chi connectivity index (χ0n) is 15.3. The molecule has 0 aliphatic heterocycles. The molecule has 8 heteroatoms. The summed E-state index contributed by atoms with van der Waals surface area (Å²) in [6.07, 6.45) is 3.06. The number of benzene rings is 1. The zero-order chi connectivity index (χ0) is 19.2. The Labute approximate surface area is 168 Å². The molecule has 1 unspecified atom stereocenters. The lowest BCUT2D eigenvalue weighted by Gasteiger charge is -2.20. The zero-order valence-corrected chi connectivity index (χ0v) is 16.8. The molecule has 0 saturated carbocycles. The number of anilines is 1. The van der Waals surface area contributed by atoms with Crippen molar-refractivity contribution in [1.82, 2.24) is 15.0 Å². The highest BCUT2D eigenvalue weighted by atomic mass is 35.5. The fourth-order valence-electron chi connectivity index (χ4n) is 2.83. The number of para-hydroxylation sites is 1. The summed E-state index contributed by atoms with van der Waals surface area (Å²) < 4.78 is 11.4. The third kappa shape index (κ3) is 4.83. The SMILES string of the molecule is CCOC(CC)Oc1c(Cl)nc(Cl)nc1NCCc1c[nH]c2ccccc12. The van der Waals surface area contributed by atoms with E-state index >= 15 is 0 Å². The summed E-state index contributed by atoms with van der Waals surface area (Å²) in [4.78, 5) is 11.5. The molecular formula is C19H22Cl2N4O2. The molecule has 27 heavy (non-hydrogen) atoms. The van der Waals surface area contributed by atoms with E-state index in [1.165, 1.54) is 10.9 Å². The highest BCUT2D eigenvalue weighted by molar-refractivity contribution is 6.33. The van der Waals surface area contributed by atoms with Gasteiger partial charge < -0.3 is 19.8 Å². The number of aromatic nitrogens is 3. The van der Waals surface area contributed by atoms with Crippen LogP contribution in [-0.4, -0.2) is 34.4 Å². The normalized spacial score (nSPS) is 12.3. The van der Waals surface area contributed by atoms with Crippen molar-refractivity contribution in [2.24, 2.45) is 0 Å². The maximum absolute atomic E-state index is 6.23. The third-order valence-corrected chi connectivity index (χ3v) is 4.52. The maximum atomic E-state index is 6.23. The first kappa shape index (κ1) is 19.7. The lowest BCUT2D eigenvalue weighted by Crippen LogP contribution is -2.21. The second-order valence-electron chi connectivity index (χ2n) is 5.91. The van der Waals surface area contributed by atoms with Crippen molar-refractivity contribution in [3.63, 3.8) is 0 Å². The molecule has 3 rings (SSSR count). The van der Waals surface area contributed by atoms with E-state index in [2.05, 4.69) is 32.4 Å². The van der Waals surface area contributed by atoms with Gasteiger partial charge >= 0.3 is 0 Å². The number of halogens is 2. The molecule has 6 nitrogen and oxygen atoms in total. The van der Waals surface area contributed by atoms with Crippen LogP contribution in [0, 0.1) is 0 Å². The molecule has 0 aliphatic rings. The molecule has 1 aromatic carbocycles. The quantitative estimate of drug-likeness (QED) is 0.293. The van der Waals surface area contributed by atoms with Crippen LogP contribution in [0.2, 0.25) is 10.4 Å². The number of rotatable bonds is 9. The average Bonchev–Trinajstić information content (AvgIpc) is 3.07. The summed E-state index contributed by atoms with van der Waals surface area (Å²) in [7, 11) is 0. The van der Waals surface area contributed by atoms with Gasteiger partial charge in [-0.3, -0.25) is 0 Å². The van der Waals surface area contributed by atoms with Gasteiger partial charge in [0, 0.05) is 36.7 Å². The van der Waals surface area contributed by atoms with Crippen molar-refractivity contribution < 1.29 is 9.47 Å². The van der Waals surface area contributed by atoms with Gasteiger partial charge in [0.2, 0.25) is 11.0 Å². The van der Waals surface area contributed by atoms with Gasteiger partial charge in [0.25, 0.3) is 0 Å². The highest BCUT2D eigenvalue weighted by Crippen LogP contribution is 2.32. The van der Waals surface area contributed by atoms with Crippen LogP contribution in [0.15, 0.2) is 30.5 Å². The second-order valence-corrected chi connectivity index (χ2v) is 6.60. The van der Waals surface area contributed by atoms with Gasteiger partial charge in [-0.15, -0.1) is 0 Å². The molecule has 0 bridgehead atoms. The van der Waals surface area contributed by atoms with Crippen LogP contribution in [0.4, 0.5) is 5.82 Å². The summed E-state index contributed by atoms with van der Waals surface area (Å²) in [6.45, 7) is 5.04. The van der Waals surface area contributed by atoms with Crippen LogP contribution < -0.4 is 10.1 Å². The van der Waals surface area contributed by atoms with E-state index in [9.17, 15) is 0 Å². The predicted molar refractivity (Wildman–Crippen MR) is 109 cm³/mol. The summed E-state index contributed by atoms with van der Waals surface area (Å²) in [5.74, 6) is 0.804. The first-order valence-corrected chi connectivity index (χ1v) is 9.68. The minimum absolute atomic E-state index is 0.0615. The van der Waals surface area contributed by atoms with E-state index in [0.29, 0.717) is 31.1 Å². The maximum Gasteiger partial charge on any atom is 0.226 e. The number of hydrogen-bond acceptors (Lipinski definition) is 5. The smallest absolute Gasteiger partial charge is 0.226 e. The lowest BCUT2D eigenvalue weighted by atomic mass is 10.1. The Morgan fingerprint density at radius 1 is 1.19 bits per heavy atom. The van der Waals surface area contributed by atoms with E-state index in [4.69, 9.17) is 32.7 Å². The molecule has 0 spiro atoms. The Hall–Kier alpha value is -2.02. The topological polar surface area (TPSA) is 72.1 Å². The van der Waals surface area contributed by atoms with Gasteiger partial charge in [0.1, 0.15) is 0 Å². The molecule has 0 amide bonds. The molecule has 2 heterocycles. The van der Waals surface area contributed by atoms with Crippen molar-refractivity contribution in [3.05, 3.63) is 46.5 Å². The number of hydrogen-bond donors (Lipinski definition) is 2. The Bertz CT molecular complexity index is 901. The fraction of sp³-hybridized carbons (Fsp3) is 0.368. The van der Waals surface area contributed by atoms with E-state index in [1.807, 2.05) is 32.2 Å². The summed E-state index contributed by atoms with van der Waals surface area (Å²) in [6, 6.07) is 8.20. The highest BCUT2D eigenvalue weighted by Gasteiger charge is 2.18. The number of ether oxygens (including phenoxy) is 2. The van der Waals surface area contributed by atoms with E-state index in [1.54, 1.807) is 0 Å². The first-order chi connectivity index (χ1) is 13.1. The largest absolute Gasteiger partial charge is 0.458 e. The number of nitrogens with one attached hydrogen (secondary N) is 2. The Balaban J connectivity index is 1.73. The van der Waals surface area contributed by atoms with Gasteiger partial charge in [0.15, 0.2) is 17.3 Å². The molecule has 1 atom stereocenters. The molecule has 0 saturated heterocycles. The van der Waals surface area contributed by atoms with Gasteiger partial charge in [-0.1, -0.05) is 36.7 Å². The second kappa shape index (κ2) is 9.26. The summed E-state index contributed by atoms with van der Waals surface area (Å²) >= 11 is 12.2. The van der Waals surface area contributed by atoms with Crippen LogP contribution in [0.25, 0.3) is 10.9 Å². The van der Waals surface area contributed by atoms with E-state index in [-0.39, 0.29) is 10.4 Å². The number of H-pyrrole nitrogens is 1. The Morgan fingerprint density at radius 2 is 2.00 bits per heavy atom. The molecule has 3 aromatic rings. The van der Waals surface area contributed by atoms with Crippen LogP contribution in [0.1, 0.15) is 25.8 Å². The van der Waals surface area contributed by atoms with Crippen molar-refractivity contribution in [1.29, 1.82) is 0 Å². The van der Waals surface area contributed by atoms with Crippen molar-refractivity contribution in [3.8, 4) is 5.75 Å². The van der Waals surface area contributed by atoms with E-state index < -0.39 is 6.29 Å². The summed E-state index contributed by atoms with van der Waals surface area (Å²) in [5.41, 5.74) is 2.33. The number of nitrogens with zero attached hydrogens (tertiary/aromatic N) is 2. The van der Waals surface area contributed by atoms with Gasteiger partial charge in [0.05, 0.1) is 0 Å². The van der Waals surface area contributed by atoms with Gasteiger partial charge in [-0.05, 0) is 36.6 Å². The molecule has 0 fully saturated rings. The third-order valence-electron chi connectivity index (χ3n) is 4.09. The minimum atomic E-state index is -0.425. The first-order valence-electron chi connectivity index (χ1n) is 8.92. The molecule has 2 aromatic heterocycles. The number of aromatic amines is 1. The van der Waals surface area contributed by atoms with Crippen molar-refractivity contribution in [2.45, 2.75) is 33.0 Å². The van der Waals surface area contributed by atoms with Crippen LogP contribution >= 0.6 is 23.2 Å². The Kier molecular flexibility index (Phi) is 6.77.